The van der Waals surface area contributed by atoms with Gasteiger partial charge in [0.2, 0.25) is 5.91 Å². The first-order chi connectivity index (χ1) is 9.31. The van der Waals surface area contributed by atoms with Gasteiger partial charge in [0, 0.05) is 25.6 Å². The zero-order chi connectivity index (χ0) is 13.5. The summed E-state index contributed by atoms with van der Waals surface area (Å²) in [5, 5.41) is 3.05. The van der Waals surface area contributed by atoms with Crippen LogP contribution >= 0.6 is 12.4 Å². The first-order valence-electron chi connectivity index (χ1n) is 7.29. The van der Waals surface area contributed by atoms with Crippen LogP contribution in [-0.4, -0.2) is 37.0 Å². The first kappa shape index (κ1) is 17.0. The lowest BCUT2D eigenvalue weighted by Gasteiger charge is -2.25. The molecule has 1 aliphatic heterocycles. The molecule has 1 fully saturated rings. The van der Waals surface area contributed by atoms with Crippen LogP contribution in [0.15, 0.2) is 30.3 Å². The van der Waals surface area contributed by atoms with Crippen LogP contribution in [0.3, 0.4) is 0 Å². The molecule has 0 radical (unpaired) electrons. The topological polar surface area (TPSA) is 32.3 Å². The molecule has 0 spiro atoms. The van der Waals surface area contributed by atoms with Crippen molar-refractivity contribution in [1.29, 1.82) is 0 Å². The van der Waals surface area contributed by atoms with Gasteiger partial charge in [-0.2, -0.15) is 0 Å². The Kier molecular flexibility index (Phi) is 7.63. The normalized spacial score (nSPS) is 17.9. The van der Waals surface area contributed by atoms with E-state index in [0.717, 1.165) is 38.8 Å². The van der Waals surface area contributed by atoms with Crippen molar-refractivity contribution < 1.29 is 4.79 Å². The number of halogens is 1. The van der Waals surface area contributed by atoms with Gasteiger partial charge < -0.3 is 10.2 Å². The Morgan fingerprint density at radius 1 is 1.35 bits per heavy atom. The maximum absolute atomic E-state index is 12.1. The zero-order valence-electron chi connectivity index (χ0n) is 12.2. The molecule has 4 heteroatoms. The smallest absolute Gasteiger partial charge is 0.224 e. The van der Waals surface area contributed by atoms with E-state index >= 15 is 0 Å². The molecule has 1 N–H and O–H groups in total. The summed E-state index contributed by atoms with van der Waals surface area (Å²) in [7, 11) is 1.89. The minimum atomic E-state index is 0. The van der Waals surface area contributed by atoms with E-state index in [0.29, 0.717) is 18.4 Å². The molecule has 0 aliphatic carbocycles. The third kappa shape index (κ3) is 4.80. The maximum Gasteiger partial charge on any atom is 0.224 e. The quantitative estimate of drug-likeness (QED) is 0.875. The van der Waals surface area contributed by atoms with Gasteiger partial charge in [-0.1, -0.05) is 30.3 Å². The van der Waals surface area contributed by atoms with Crippen LogP contribution in [0.5, 0.6) is 0 Å². The van der Waals surface area contributed by atoms with Crippen molar-refractivity contribution in [2.75, 3.05) is 20.1 Å². The fourth-order valence-electron chi connectivity index (χ4n) is 2.82. The van der Waals surface area contributed by atoms with Gasteiger partial charge in [-0.25, -0.2) is 0 Å². The highest BCUT2D eigenvalue weighted by Gasteiger charge is 2.27. The van der Waals surface area contributed by atoms with Crippen molar-refractivity contribution in [3.05, 3.63) is 35.9 Å². The summed E-state index contributed by atoms with van der Waals surface area (Å²) in [6, 6.07) is 11.0. The first-order valence-corrected chi connectivity index (χ1v) is 7.29. The molecule has 1 aliphatic rings. The predicted molar refractivity (Wildman–Crippen MR) is 85.3 cm³/mol. The van der Waals surface area contributed by atoms with E-state index in [-0.39, 0.29) is 12.4 Å². The minimum absolute atomic E-state index is 0. The van der Waals surface area contributed by atoms with Crippen LogP contribution < -0.4 is 5.32 Å². The second-order valence-corrected chi connectivity index (χ2v) is 5.26. The van der Waals surface area contributed by atoms with Crippen LogP contribution in [0.4, 0.5) is 0 Å². The Labute approximate surface area is 128 Å². The van der Waals surface area contributed by atoms with Crippen molar-refractivity contribution >= 4 is 18.3 Å². The van der Waals surface area contributed by atoms with Crippen molar-refractivity contribution in [3.63, 3.8) is 0 Å². The number of amides is 1. The van der Waals surface area contributed by atoms with Crippen molar-refractivity contribution in [2.24, 2.45) is 0 Å². The summed E-state index contributed by atoms with van der Waals surface area (Å²) in [5.41, 5.74) is 1.37. The number of nitrogens with one attached hydrogen (secondary N) is 1. The molecule has 2 rings (SSSR count). The number of carbonyl (C=O) groups is 1. The predicted octanol–water partition coefficient (Wildman–Crippen LogP) is 2.64. The Bertz CT molecular complexity index is 397. The number of nitrogens with zero attached hydrogens (tertiary/aromatic N) is 1. The van der Waals surface area contributed by atoms with Crippen molar-refractivity contribution in [2.45, 2.75) is 38.1 Å². The van der Waals surface area contributed by atoms with Gasteiger partial charge in [0.1, 0.15) is 0 Å². The molecular formula is C16H25ClN2O. The molecule has 20 heavy (non-hydrogen) atoms. The van der Waals surface area contributed by atoms with Gasteiger partial charge in [-0.05, 0) is 38.3 Å². The molecule has 1 atom stereocenters. The number of benzene rings is 1. The van der Waals surface area contributed by atoms with Gasteiger partial charge in [0.05, 0.1) is 0 Å². The number of carbonyl (C=O) groups excluding carboxylic acids is 1. The largest absolute Gasteiger partial charge is 0.340 e. The van der Waals surface area contributed by atoms with Crippen molar-refractivity contribution in [3.8, 4) is 0 Å². The molecule has 1 aromatic carbocycles. The summed E-state index contributed by atoms with van der Waals surface area (Å²) in [4.78, 5) is 14.2. The number of hydrogen-bond acceptors (Lipinski definition) is 2. The molecule has 0 aromatic heterocycles. The van der Waals surface area contributed by atoms with E-state index in [2.05, 4.69) is 34.5 Å². The monoisotopic (exact) mass is 296 g/mol. The molecule has 1 unspecified atom stereocenters. The van der Waals surface area contributed by atoms with E-state index < -0.39 is 0 Å². The van der Waals surface area contributed by atoms with Gasteiger partial charge in [0.15, 0.2) is 0 Å². The van der Waals surface area contributed by atoms with E-state index in [1.807, 2.05) is 13.1 Å². The average molecular weight is 297 g/mol. The average Bonchev–Trinajstić information content (AvgIpc) is 2.92. The summed E-state index contributed by atoms with van der Waals surface area (Å²) in [6.07, 6.45) is 5.11. The molecule has 112 valence electrons. The molecule has 3 nitrogen and oxygen atoms in total. The second kappa shape index (κ2) is 8.98. The summed E-state index contributed by atoms with van der Waals surface area (Å²) in [5.74, 6) is 0.310. The van der Waals surface area contributed by atoms with Crippen molar-refractivity contribution in [1.82, 2.24) is 10.2 Å². The highest BCUT2D eigenvalue weighted by atomic mass is 35.5. The van der Waals surface area contributed by atoms with Crippen LogP contribution in [0, 0.1) is 0 Å². The number of likely N-dealkylation sites (tertiary alicyclic amines) is 1. The fraction of sp³-hybridized carbons (Fsp3) is 0.562. The summed E-state index contributed by atoms with van der Waals surface area (Å²) in [6.45, 7) is 1.72. The Morgan fingerprint density at radius 2 is 2.10 bits per heavy atom. The molecule has 1 saturated heterocycles. The third-order valence-electron chi connectivity index (χ3n) is 3.90. The third-order valence-corrected chi connectivity index (χ3v) is 3.90. The number of hydrogen-bond donors (Lipinski definition) is 1. The van der Waals surface area contributed by atoms with Crippen LogP contribution in [0.1, 0.15) is 31.2 Å². The fourth-order valence-corrected chi connectivity index (χ4v) is 2.82. The molecule has 1 heterocycles. The van der Waals surface area contributed by atoms with E-state index in [4.69, 9.17) is 0 Å². The summed E-state index contributed by atoms with van der Waals surface area (Å²) < 4.78 is 0. The summed E-state index contributed by atoms with van der Waals surface area (Å²) >= 11 is 0. The highest BCUT2D eigenvalue weighted by Crippen LogP contribution is 2.22. The Morgan fingerprint density at radius 3 is 2.80 bits per heavy atom. The Hall–Kier alpha value is -1.06. The molecule has 1 amide bonds. The minimum Gasteiger partial charge on any atom is -0.340 e. The molecule has 1 aromatic rings. The van der Waals surface area contributed by atoms with E-state index in [1.54, 1.807) is 0 Å². The standard InChI is InChI=1S/C16H24N2O.ClH/c1-17-12-11-16(19)18-13-5-8-15(18)10-9-14-6-3-2-4-7-14;/h2-4,6-7,15,17H,5,8-13H2,1H3;1H. The van der Waals surface area contributed by atoms with E-state index in [1.165, 1.54) is 5.56 Å². The lowest BCUT2D eigenvalue weighted by atomic mass is 10.0. The Balaban J connectivity index is 0.00000200. The van der Waals surface area contributed by atoms with Gasteiger partial charge in [0.25, 0.3) is 0 Å². The number of aryl methyl sites for hydroxylation is 1. The molecule has 0 bridgehead atoms. The molecular weight excluding hydrogens is 272 g/mol. The van der Waals surface area contributed by atoms with Gasteiger partial charge in [-0.3, -0.25) is 4.79 Å². The van der Waals surface area contributed by atoms with Gasteiger partial charge >= 0.3 is 0 Å². The highest BCUT2D eigenvalue weighted by molar-refractivity contribution is 5.85. The number of rotatable bonds is 6. The SMILES string of the molecule is CNCCC(=O)N1CCCC1CCc1ccccc1.Cl. The lowest BCUT2D eigenvalue weighted by molar-refractivity contribution is -0.132. The zero-order valence-corrected chi connectivity index (χ0v) is 13.0. The second-order valence-electron chi connectivity index (χ2n) is 5.26. The molecule has 0 saturated carbocycles. The van der Waals surface area contributed by atoms with Crippen LogP contribution in [0.25, 0.3) is 0 Å². The van der Waals surface area contributed by atoms with Gasteiger partial charge in [-0.15, -0.1) is 12.4 Å². The van der Waals surface area contributed by atoms with E-state index in [9.17, 15) is 4.79 Å². The maximum atomic E-state index is 12.1. The van der Waals surface area contributed by atoms with Crippen LogP contribution in [-0.2, 0) is 11.2 Å². The van der Waals surface area contributed by atoms with Crippen LogP contribution in [0.2, 0.25) is 0 Å². The lowest BCUT2D eigenvalue weighted by Crippen LogP contribution is -2.37.